The van der Waals surface area contributed by atoms with E-state index < -0.39 is 0 Å². The Labute approximate surface area is 321 Å². The van der Waals surface area contributed by atoms with Gasteiger partial charge in [0.2, 0.25) is 0 Å². The summed E-state index contributed by atoms with van der Waals surface area (Å²) in [5.74, 6) is 0. The average Bonchev–Trinajstić information content (AvgIpc) is 3.91. The van der Waals surface area contributed by atoms with Crippen LogP contribution in [0.25, 0.3) is 108 Å². The van der Waals surface area contributed by atoms with E-state index in [0.717, 1.165) is 5.69 Å². The lowest BCUT2D eigenvalue weighted by molar-refractivity contribution is 1.19. The van der Waals surface area contributed by atoms with Crippen molar-refractivity contribution < 1.29 is 0 Å². The minimum Gasteiger partial charge on any atom is -0.309 e. The molecule has 0 aliphatic carbocycles. The SMILES string of the molecule is c1ccc(-c2ccc(-n3c4ccccc4c4cc(-c5ccc6c(c5)c5ccccc5n6-c5ccc6ccccc6c5)c5sc6ccccc6c5c43)cc2)cc1. The highest BCUT2D eigenvalue weighted by atomic mass is 32.1. The van der Waals surface area contributed by atoms with Crippen molar-refractivity contribution in [3.63, 3.8) is 0 Å². The van der Waals surface area contributed by atoms with Gasteiger partial charge in [0.15, 0.2) is 0 Å². The molecule has 3 aromatic heterocycles. The topological polar surface area (TPSA) is 9.86 Å². The molecular formula is C52H32N2S. The van der Waals surface area contributed by atoms with Crippen LogP contribution in [0.3, 0.4) is 0 Å². The highest BCUT2D eigenvalue weighted by Crippen LogP contribution is 2.48. The van der Waals surface area contributed by atoms with Gasteiger partial charge in [-0.1, -0.05) is 133 Å². The second-order valence-corrected chi connectivity index (χ2v) is 15.6. The number of benzene rings is 9. The fourth-order valence-electron chi connectivity index (χ4n) is 8.99. The Balaban J connectivity index is 1.13. The van der Waals surface area contributed by atoms with E-state index in [9.17, 15) is 0 Å². The lowest BCUT2D eigenvalue weighted by Gasteiger charge is -2.12. The van der Waals surface area contributed by atoms with Gasteiger partial charge in [-0.3, -0.25) is 0 Å². The molecule has 0 spiro atoms. The standard InChI is InChI=1S/C52H32N2S/c1-2-12-33(13-3-1)35-22-26-38(27-23-35)54-47-20-10-7-17-41(47)45-32-43(52-50(51(45)54)42-18-8-11-21-49(42)55-52)37-25-29-48-44(31-37)40-16-6-9-19-46(40)53(48)39-28-24-34-14-4-5-15-36(34)30-39/h1-32H. The zero-order valence-corrected chi connectivity index (χ0v) is 30.6. The monoisotopic (exact) mass is 716 g/mol. The van der Waals surface area contributed by atoms with Gasteiger partial charge in [0, 0.05) is 58.7 Å². The van der Waals surface area contributed by atoms with Crippen LogP contribution in [-0.4, -0.2) is 9.13 Å². The first kappa shape index (κ1) is 30.5. The average molecular weight is 717 g/mol. The van der Waals surface area contributed by atoms with Crippen molar-refractivity contribution in [3.8, 4) is 33.6 Å². The van der Waals surface area contributed by atoms with Gasteiger partial charge in [-0.2, -0.15) is 0 Å². The Hall–Kier alpha value is -6.94. The molecular weight excluding hydrogens is 685 g/mol. The van der Waals surface area contributed by atoms with Crippen LogP contribution in [-0.2, 0) is 0 Å². The first-order valence-electron chi connectivity index (χ1n) is 18.8. The molecule has 3 heteroatoms. The van der Waals surface area contributed by atoms with Crippen LogP contribution in [0, 0.1) is 0 Å². The molecule has 3 heterocycles. The number of hydrogen-bond acceptors (Lipinski definition) is 1. The van der Waals surface area contributed by atoms with Crippen LogP contribution < -0.4 is 0 Å². The molecule has 0 bridgehead atoms. The summed E-state index contributed by atoms with van der Waals surface area (Å²) in [5, 5.41) is 10.2. The zero-order chi connectivity index (χ0) is 36.0. The van der Waals surface area contributed by atoms with Crippen molar-refractivity contribution in [1.82, 2.24) is 9.13 Å². The molecule has 0 N–H and O–H groups in total. The van der Waals surface area contributed by atoms with Crippen molar-refractivity contribution in [1.29, 1.82) is 0 Å². The van der Waals surface area contributed by atoms with E-state index in [-0.39, 0.29) is 0 Å². The van der Waals surface area contributed by atoms with Gasteiger partial charge in [0.1, 0.15) is 0 Å². The van der Waals surface area contributed by atoms with Gasteiger partial charge in [-0.25, -0.2) is 0 Å². The molecule has 0 aliphatic heterocycles. The van der Waals surface area contributed by atoms with E-state index in [4.69, 9.17) is 0 Å². The van der Waals surface area contributed by atoms with E-state index >= 15 is 0 Å². The Kier molecular flexibility index (Phi) is 6.54. The van der Waals surface area contributed by atoms with E-state index in [2.05, 4.69) is 203 Å². The number of para-hydroxylation sites is 2. The quantitative estimate of drug-likeness (QED) is 0.172. The number of nitrogens with zero attached hydrogens (tertiary/aromatic N) is 2. The van der Waals surface area contributed by atoms with Crippen LogP contribution in [0.15, 0.2) is 194 Å². The van der Waals surface area contributed by atoms with Gasteiger partial charge in [0.25, 0.3) is 0 Å². The minimum atomic E-state index is 1.16. The third-order valence-electron chi connectivity index (χ3n) is 11.5. The third kappa shape index (κ3) is 4.54. The first-order chi connectivity index (χ1) is 27.3. The maximum Gasteiger partial charge on any atom is 0.0634 e. The molecule has 9 aromatic carbocycles. The molecule has 0 saturated heterocycles. The molecule has 0 atom stereocenters. The number of rotatable bonds is 4. The lowest BCUT2D eigenvalue weighted by atomic mass is 9.97. The molecule has 256 valence electrons. The Morgan fingerprint density at radius 3 is 1.76 bits per heavy atom. The summed E-state index contributed by atoms with van der Waals surface area (Å²) in [5.41, 5.74) is 12.2. The van der Waals surface area contributed by atoms with Crippen LogP contribution in [0.1, 0.15) is 0 Å². The van der Waals surface area contributed by atoms with Gasteiger partial charge in [0.05, 0.1) is 22.1 Å². The summed E-state index contributed by atoms with van der Waals surface area (Å²) >= 11 is 1.91. The smallest absolute Gasteiger partial charge is 0.0634 e. The van der Waals surface area contributed by atoms with Gasteiger partial charge in [-0.15, -0.1) is 11.3 Å². The zero-order valence-electron chi connectivity index (χ0n) is 29.8. The Morgan fingerprint density at radius 2 is 0.945 bits per heavy atom. The molecule has 0 saturated carbocycles. The predicted octanol–water partition coefficient (Wildman–Crippen LogP) is 14.7. The fourth-order valence-corrected chi connectivity index (χ4v) is 10.2. The third-order valence-corrected chi connectivity index (χ3v) is 12.7. The number of hydrogen-bond donors (Lipinski definition) is 0. The largest absolute Gasteiger partial charge is 0.309 e. The summed E-state index contributed by atoms with van der Waals surface area (Å²) < 4.78 is 7.54. The summed E-state index contributed by atoms with van der Waals surface area (Å²) in [7, 11) is 0. The maximum absolute atomic E-state index is 2.49. The maximum atomic E-state index is 2.49. The van der Waals surface area contributed by atoms with Crippen molar-refractivity contribution >= 4 is 85.9 Å². The summed E-state index contributed by atoms with van der Waals surface area (Å²) in [6.45, 7) is 0. The first-order valence-corrected chi connectivity index (χ1v) is 19.7. The molecule has 12 aromatic rings. The number of aromatic nitrogens is 2. The molecule has 0 amide bonds. The van der Waals surface area contributed by atoms with Crippen LogP contribution >= 0.6 is 11.3 Å². The number of thiophene rings is 1. The summed E-state index contributed by atoms with van der Waals surface area (Å²) in [6, 6.07) is 71.4. The Bertz CT molecular complexity index is 3470. The van der Waals surface area contributed by atoms with E-state index in [1.807, 2.05) is 11.3 Å². The minimum absolute atomic E-state index is 1.16. The van der Waals surface area contributed by atoms with E-state index in [0.29, 0.717) is 0 Å². The molecule has 55 heavy (non-hydrogen) atoms. The second-order valence-electron chi connectivity index (χ2n) is 14.5. The second kappa shape index (κ2) is 11.8. The lowest BCUT2D eigenvalue weighted by Crippen LogP contribution is -1.95. The van der Waals surface area contributed by atoms with Gasteiger partial charge < -0.3 is 9.13 Å². The van der Waals surface area contributed by atoms with Crippen molar-refractivity contribution in [3.05, 3.63) is 194 Å². The molecule has 0 unspecified atom stereocenters. The molecule has 0 radical (unpaired) electrons. The molecule has 2 nitrogen and oxygen atoms in total. The summed E-state index contributed by atoms with van der Waals surface area (Å²) in [6.07, 6.45) is 0. The predicted molar refractivity (Wildman–Crippen MR) is 236 cm³/mol. The normalized spacial score (nSPS) is 12.0. The summed E-state index contributed by atoms with van der Waals surface area (Å²) in [4.78, 5) is 0. The van der Waals surface area contributed by atoms with Crippen LogP contribution in [0.4, 0.5) is 0 Å². The van der Waals surface area contributed by atoms with Crippen LogP contribution in [0.5, 0.6) is 0 Å². The van der Waals surface area contributed by atoms with E-state index in [1.54, 1.807) is 0 Å². The Morgan fingerprint density at radius 1 is 0.345 bits per heavy atom. The van der Waals surface area contributed by atoms with Crippen molar-refractivity contribution in [2.75, 3.05) is 0 Å². The molecule has 12 rings (SSSR count). The van der Waals surface area contributed by atoms with Crippen molar-refractivity contribution in [2.45, 2.75) is 0 Å². The highest BCUT2D eigenvalue weighted by molar-refractivity contribution is 7.26. The van der Waals surface area contributed by atoms with Gasteiger partial charge in [-0.05, 0) is 88.1 Å². The van der Waals surface area contributed by atoms with Gasteiger partial charge >= 0.3 is 0 Å². The molecule has 0 fully saturated rings. The number of fused-ring (bicyclic) bond motifs is 11. The molecule has 0 aliphatic rings. The highest BCUT2D eigenvalue weighted by Gasteiger charge is 2.22. The van der Waals surface area contributed by atoms with Crippen molar-refractivity contribution in [2.24, 2.45) is 0 Å². The fraction of sp³-hybridized carbons (Fsp3) is 0. The van der Waals surface area contributed by atoms with Crippen LogP contribution in [0.2, 0.25) is 0 Å². The van der Waals surface area contributed by atoms with E-state index in [1.165, 1.54) is 102 Å².